The fraction of sp³-hybridized carbons (Fsp3) is 0.442. The van der Waals surface area contributed by atoms with E-state index in [1.54, 1.807) is 24.4 Å². The molecule has 6 fully saturated rings. The first kappa shape index (κ1) is 35.0. The molecule has 9 nitrogen and oxygen atoms in total. The number of aromatic nitrogens is 3. The summed E-state index contributed by atoms with van der Waals surface area (Å²) in [7, 11) is 0. The highest BCUT2D eigenvalue weighted by Crippen LogP contribution is 2.54. The molecule has 7 heterocycles. The molecule has 0 unspecified atom stereocenters. The Morgan fingerprint density at radius 2 is 1.96 bits per heavy atom. The molecule has 12 heteroatoms. The van der Waals surface area contributed by atoms with E-state index < -0.39 is 5.82 Å². The largest absolute Gasteiger partial charge is 0.478 e. The molecule has 55 heavy (non-hydrogen) atoms. The number of carbonyl (C=O) groups excluding carboxylic acids is 1. The fourth-order valence-electron chi connectivity index (χ4n) is 10.3. The third kappa shape index (κ3) is 5.52. The van der Waals surface area contributed by atoms with Crippen LogP contribution in [0.2, 0.25) is 10.0 Å². The van der Waals surface area contributed by atoms with Crippen molar-refractivity contribution in [2.45, 2.75) is 76.5 Å². The lowest BCUT2D eigenvalue weighted by Crippen LogP contribution is -2.45. The molecular formula is C43H42Cl2FN7O2. The topological polar surface area (TPSA) is 99.3 Å². The third-order valence-electron chi connectivity index (χ3n) is 12.9. The predicted molar refractivity (Wildman–Crippen MR) is 212 cm³/mol. The number of pyridine rings is 2. The van der Waals surface area contributed by atoms with Gasteiger partial charge in [-0.15, -0.1) is 0 Å². The van der Waals surface area contributed by atoms with Crippen LogP contribution in [0.5, 0.6) is 5.88 Å². The Kier molecular flexibility index (Phi) is 8.50. The highest BCUT2D eigenvalue weighted by molar-refractivity contribution is 6.43. The zero-order valence-corrected chi connectivity index (χ0v) is 32.4. The number of likely N-dealkylation sites (tertiary alicyclic amines) is 1. The quantitative estimate of drug-likeness (QED) is 0.160. The molecular weight excluding hydrogens is 736 g/mol. The number of hydrogen-bond acceptors (Lipinski definition) is 7. The minimum atomic E-state index is -0.467. The number of anilines is 1. The van der Waals surface area contributed by atoms with Crippen LogP contribution in [0.25, 0.3) is 32.9 Å². The number of rotatable bonds is 9. The number of nitrogens with zero attached hydrogens (tertiary/aromatic N) is 6. The van der Waals surface area contributed by atoms with Crippen LogP contribution in [0.3, 0.4) is 0 Å². The summed E-state index contributed by atoms with van der Waals surface area (Å²) in [5, 5.41) is 15.7. The van der Waals surface area contributed by atoms with Gasteiger partial charge in [-0.3, -0.25) is 4.79 Å². The molecule has 6 atom stereocenters. The van der Waals surface area contributed by atoms with Gasteiger partial charge in [-0.2, -0.15) is 5.26 Å². The molecule has 4 saturated heterocycles. The number of amides is 1. The Bertz CT molecular complexity index is 2430. The van der Waals surface area contributed by atoms with Crippen LogP contribution >= 0.6 is 23.2 Å². The molecule has 3 aromatic heterocycles. The Balaban J connectivity index is 1.19. The first-order chi connectivity index (χ1) is 26.7. The van der Waals surface area contributed by atoms with Crippen LogP contribution in [0.4, 0.5) is 10.1 Å². The summed E-state index contributed by atoms with van der Waals surface area (Å²) in [5.41, 5.74) is 5.63. The average Bonchev–Trinajstić information content (AvgIpc) is 3.46. The van der Waals surface area contributed by atoms with Crippen molar-refractivity contribution < 1.29 is 13.9 Å². The second-order valence-electron chi connectivity index (χ2n) is 16.1. The van der Waals surface area contributed by atoms with E-state index in [1.165, 1.54) is 0 Å². The van der Waals surface area contributed by atoms with Crippen LogP contribution in [-0.2, 0) is 11.2 Å². The molecule has 0 radical (unpaired) electrons. The molecule has 4 aliphatic heterocycles. The van der Waals surface area contributed by atoms with Gasteiger partial charge in [0.1, 0.15) is 5.52 Å². The number of carbonyl (C=O) groups is 1. The molecule has 11 rings (SSSR count). The van der Waals surface area contributed by atoms with Crippen LogP contribution < -0.4 is 15.0 Å². The second-order valence-corrected chi connectivity index (χ2v) is 16.9. The van der Waals surface area contributed by atoms with E-state index in [2.05, 4.69) is 36.8 Å². The van der Waals surface area contributed by atoms with Crippen LogP contribution in [0.1, 0.15) is 68.1 Å². The Morgan fingerprint density at radius 1 is 1.11 bits per heavy atom. The molecule has 2 saturated carbocycles. The molecule has 2 aliphatic carbocycles. The van der Waals surface area contributed by atoms with Gasteiger partial charge in [-0.25, -0.2) is 14.4 Å². The smallest absolute Gasteiger partial charge is 0.226 e. The molecule has 1 N–H and O–H groups in total. The summed E-state index contributed by atoms with van der Waals surface area (Å²) in [4.78, 5) is 28.5. The monoisotopic (exact) mass is 777 g/mol. The van der Waals surface area contributed by atoms with Gasteiger partial charge in [-0.1, -0.05) is 35.3 Å². The predicted octanol–water partition coefficient (Wildman–Crippen LogP) is 8.58. The molecule has 0 spiro atoms. The number of nitriles is 1. The van der Waals surface area contributed by atoms with Crippen molar-refractivity contribution in [3.05, 3.63) is 81.5 Å². The summed E-state index contributed by atoms with van der Waals surface area (Å²) in [6.07, 6.45) is 6.23. The van der Waals surface area contributed by atoms with E-state index in [9.17, 15) is 10.1 Å². The molecule has 282 valence electrons. The maximum absolute atomic E-state index is 17.3. The first-order valence-corrected chi connectivity index (χ1v) is 20.4. The summed E-state index contributed by atoms with van der Waals surface area (Å²) in [6, 6.07) is 16.2. The summed E-state index contributed by atoms with van der Waals surface area (Å²) in [6.45, 7) is 6.91. The zero-order valence-electron chi connectivity index (χ0n) is 30.9. The fourth-order valence-corrected chi connectivity index (χ4v) is 10.7. The van der Waals surface area contributed by atoms with Crippen LogP contribution in [0, 0.1) is 41.8 Å². The molecule has 6 aliphatic rings. The maximum atomic E-state index is 17.3. The van der Waals surface area contributed by atoms with Crippen molar-refractivity contribution in [3.8, 4) is 23.1 Å². The van der Waals surface area contributed by atoms with E-state index in [0.717, 1.165) is 73.3 Å². The van der Waals surface area contributed by atoms with E-state index in [-0.39, 0.29) is 58.9 Å². The van der Waals surface area contributed by atoms with E-state index in [0.29, 0.717) is 51.9 Å². The van der Waals surface area contributed by atoms with Crippen molar-refractivity contribution in [1.82, 2.24) is 24.8 Å². The molecule has 2 aromatic carbocycles. The number of halogens is 3. The van der Waals surface area contributed by atoms with Crippen molar-refractivity contribution in [3.63, 3.8) is 0 Å². The summed E-state index contributed by atoms with van der Waals surface area (Å²) >= 11 is 13.2. The highest BCUT2D eigenvalue weighted by atomic mass is 35.5. The third-order valence-corrected chi connectivity index (χ3v) is 13.7. The van der Waals surface area contributed by atoms with Gasteiger partial charge < -0.3 is 24.4 Å². The second kappa shape index (κ2) is 13.4. The minimum Gasteiger partial charge on any atom is -0.478 e. The standard InChI is InChI=1S/C43H42Cl2FN7O2/c1-3-55-35-17-27(11-13-48-35)51-20-26-14-28(21-51)52(43(54)23-9-10-23)41(26)34-18-30-22(2)50-39-31(42(30)53(34)40-25-16-33(40)49-19-25)15-24(6-5-12-47)36(38(39)46)29-7-4-8-32(44)37(29)45/h4,7-8,11,13,15,17-18,23,25-26,28,33,40-41,49H,3,5-6,9-10,14,16,19-21H2,1-2H3/t25-,26+,28-,33-,40+,41-/m1/s1. The Hall–Kier alpha value is -4.43. The van der Waals surface area contributed by atoms with Crippen LogP contribution in [-0.4, -0.2) is 63.7 Å². The van der Waals surface area contributed by atoms with Crippen LogP contribution in [0.15, 0.2) is 48.7 Å². The van der Waals surface area contributed by atoms with Gasteiger partial charge in [0.05, 0.1) is 46.4 Å². The lowest BCUT2D eigenvalue weighted by molar-refractivity contribution is -0.135. The maximum Gasteiger partial charge on any atom is 0.226 e. The van der Waals surface area contributed by atoms with Crippen molar-refractivity contribution >= 4 is 56.6 Å². The number of piperidine rings is 1. The Morgan fingerprint density at radius 3 is 2.71 bits per heavy atom. The number of aryl methyl sites for hydroxylation is 2. The number of ether oxygens (including phenoxy) is 1. The number of hydrogen-bond donors (Lipinski definition) is 1. The summed E-state index contributed by atoms with van der Waals surface area (Å²) in [5.74, 6) is 1.06. The van der Waals surface area contributed by atoms with Crippen molar-refractivity contribution in [2.24, 2.45) is 17.8 Å². The summed E-state index contributed by atoms with van der Waals surface area (Å²) < 4.78 is 25.6. The highest BCUT2D eigenvalue weighted by Gasteiger charge is 2.55. The van der Waals surface area contributed by atoms with E-state index in [4.69, 9.17) is 32.9 Å². The lowest BCUT2D eigenvalue weighted by atomic mass is 9.79. The van der Waals surface area contributed by atoms with Gasteiger partial charge in [0.25, 0.3) is 0 Å². The lowest BCUT2D eigenvalue weighted by Gasteiger charge is -2.40. The van der Waals surface area contributed by atoms with Crippen molar-refractivity contribution in [2.75, 3.05) is 31.1 Å². The van der Waals surface area contributed by atoms with Gasteiger partial charge in [0.15, 0.2) is 5.82 Å². The number of nitrogens with one attached hydrogen (secondary N) is 1. The number of fused-ring (bicyclic) bond motifs is 6. The van der Waals surface area contributed by atoms with Gasteiger partial charge in [-0.05, 0) is 81.7 Å². The van der Waals surface area contributed by atoms with Crippen molar-refractivity contribution in [1.29, 1.82) is 5.26 Å². The van der Waals surface area contributed by atoms with E-state index in [1.807, 2.05) is 32.0 Å². The van der Waals surface area contributed by atoms with Gasteiger partial charge >= 0.3 is 0 Å². The molecule has 5 aromatic rings. The first-order valence-electron chi connectivity index (χ1n) is 19.6. The number of benzene rings is 2. The SMILES string of the molecule is CCOc1cc(N2C[C@@H]3C[C@H](C2)N(C(=O)C2CC2)[C@H]3c2cc3c(C)nc4c(F)c(-c5cccc(Cl)c5Cl)c(CCC#N)cc4c3n2[C@H]2[C@H]3CN[C@@H]2C3)ccn1. The average molecular weight is 779 g/mol. The van der Waals surface area contributed by atoms with E-state index >= 15 is 4.39 Å². The molecule has 4 bridgehead atoms. The Labute approximate surface area is 329 Å². The minimum absolute atomic E-state index is 0.0549. The van der Waals surface area contributed by atoms with Gasteiger partial charge in [0, 0.05) is 95.2 Å². The zero-order chi connectivity index (χ0) is 37.7. The molecule has 1 amide bonds. The van der Waals surface area contributed by atoms with Gasteiger partial charge in [0.2, 0.25) is 11.8 Å². The normalized spacial score (nSPS) is 25.5.